The maximum absolute atomic E-state index is 12.7. The molecule has 1 N–H and O–H groups in total. The molecule has 22 heavy (non-hydrogen) atoms. The predicted molar refractivity (Wildman–Crippen MR) is 79.2 cm³/mol. The number of hydrogen-bond acceptors (Lipinski definition) is 4. The third-order valence-corrected chi connectivity index (χ3v) is 4.65. The van der Waals surface area contributed by atoms with Gasteiger partial charge < -0.3 is 10.1 Å². The molecule has 2 heterocycles. The predicted octanol–water partition coefficient (Wildman–Crippen LogP) is 1.32. The van der Waals surface area contributed by atoms with Gasteiger partial charge in [-0.05, 0) is 39.2 Å². The zero-order valence-electron chi connectivity index (χ0n) is 13.0. The average Bonchev–Trinajstić information content (AvgIpc) is 3.17. The summed E-state index contributed by atoms with van der Waals surface area (Å²) in [6.07, 6.45) is 6.24. The van der Waals surface area contributed by atoms with Crippen LogP contribution in [0.1, 0.15) is 39.2 Å². The first-order chi connectivity index (χ1) is 10.5. The first-order valence-corrected chi connectivity index (χ1v) is 7.74. The van der Waals surface area contributed by atoms with E-state index in [1.807, 2.05) is 16.9 Å². The van der Waals surface area contributed by atoms with Crippen molar-refractivity contribution in [3.05, 3.63) is 18.5 Å². The monoisotopic (exact) mass is 306 g/mol. The van der Waals surface area contributed by atoms with Crippen molar-refractivity contribution in [2.75, 3.05) is 13.2 Å². The summed E-state index contributed by atoms with van der Waals surface area (Å²) in [7, 11) is 0. The van der Waals surface area contributed by atoms with Crippen LogP contribution in [0.2, 0.25) is 0 Å². The molecule has 7 heteroatoms. The third-order valence-electron chi connectivity index (χ3n) is 4.65. The Morgan fingerprint density at radius 1 is 1.45 bits per heavy atom. The first-order valence-electron chi connectivity index (χ1n) is 7.74. The van der Waals surface area contributed by atoms with Gasteiger partial charge in [0.2, 0.25) is 5.91 Å². The average molecular weight is 306 g/mol. The molecule has 1 saturated carbocycles. The summed E-state index contributed by atoms with van der Waals surface area (Å²) in [6.45, 7) is 4.31. The van der Waals surface area contributed by atoms with Gasteiger partial charge in [0.05, 0.1) is 18.6 Å². The summed E-state index contributed by atoms with van der Waals surface area (Å²) < 4.78 is 6.86. The minimum absolute atomic E-state index is 0.0466. The van der Waals surface area contributed by atoms with Crippen molar-refractivity contribution in [3.8, 4) is 0 Å². The van der Waals surface area contributed by atoms with Crippen LogP contribution in [0.25, 0.3) is 0 Å². The summed E-state index contributed by atoms with van der Waals surface area (Å²) in [5.41, 5.74) is -0.912. The Morgan fingerprint density at radius 3 is 2.91 bits per heavy atom. The van der Waals surface area contributed by atoms with E-state index in [4.69, 9.17) is 4.74 Å². The number of carbonyl (C=O) groups is 2. The molecule has 1 aliphatic carbocycles. The molecule has 120 valence electrons. The number of amides is 2. The summed E-state index contributed by atoms with van der Waals surface area (Å²) in [5, 5.41) is 7.39. The molecule has 0 radical (unpaired) electrons. The van der Waals surface area contributed by atoms with E-state index in [0.29, 0.717) is 13.2 Å². The van der Waals surface area contributed by atoms with Crippen LogP contribution in [-0.2, 0) is 9.53 Å². The molecule has 2 aliphatic rings. The normalized spacial score (nSPS) is 25.4. The Balaban J connectivity index is 1.69. The van der Waals surface area contributed by atoms with Crippen LogP contribution in [-0.4, -0.2) is 51.4 Å². The number of carbonyl (C=O) groups excluding carboxylic acids is 2. The molecule has 1 aliphatic heterocycles. The van der Waals surface area contributed by atoms with Crippen molar-refractivity contribution in [3.63, 3.8) is 0 Å². The van der Waals surface area contributed by atoms with E-state index in [1.165, 1.54) is 4.90 Å². The Labute approximate surface area is 129 Å². The van der Waals surface area contributed by atoms with Gasteiger partial charge in [0.15, 0.2) is 0 Å². The van der Waals surface area contributed by atoms with Crippen LogP contribution in [0.5, 0.6) is 0 Å². The van der Waals surface area contributed by atoms with Gasteiger partial charge >= 0.3 is 6.09 Å². The lowest BCUT2D eigenvalue weighted by Crippen LogP contribution is -2.57. The van der Waals surface area contributed by atoms with Crippen LogP contribution >= 0.6 is 0 Å². The molecule has 2 atom stereocenters. The quantitative estimate of drug-likeness (QED) is 0.910. The number of rotatable bonds is 4. The lowest BCUT2D eigenvalue weighted by Gasteiger charge is -2.34. The smallest absolute Gasteiger partial charge is 0.410 e. The fourth-order valence-electron chi connectivity index (χ4n) is 3.27. The zero-order chi connectivity index (χ0) is 15.7. The maximum atomic E-state index is 12.7. The van der Waals surface area contributed by atoms with Gasteiger partial charge in [-0.2, -0.15) is 5.10 Å². The van der Waals surface area contributed by atoms with Gasteiger partial charge in [0.1, 0.15) is 12.1 Å². The number of ether oxygens (including phenoxy) is 1. The van der Waals surface area contributed by atoms with Gasteiger partial charge in [-0.1, -0.05) is 0 Å². The van der Waals surface area contributed by atoms with Crippen LogP contribution in [0.4, 0.5) is 4.79 Å². The van der Waals surface area contributed by atoms with Crippen LogP contribution in [0.3, 0.4) is 0 Å². The van der Waals surface area contributed by atoms with Crippen LogP contribution in [0.15, 0.2) is 18.5 Å². The SMILES string of the molecule is CC(C)(C(=O)N[C@@H]1CCC[C@@H]1n1cccn1)N1CCOC1=O. The Bertz CT molecular complexity index is 555. The van der Waals surface area contributed by atoms with Gasteiger partial charge in [-0.15, -0.1) is 0 Å². The summed E-state index contributed by atoms with van der Waals surface area (Å²) >= 11 is 0. The van der Waals surface area contributed by atoms with Crippen LogP contribution in [0, 0.1) is 0 Å². The van der Waals surface area contributed by atoms with Crippen LogP contribution < -0.4 is 5.32 Å². The number of hydrogen-bond donors (Lipinski definition) is 1. The summed E-state index contributed by atoms with van der Waals surface area (Å²) in [6, 6.07) is 2.12. The second-order valence-electron chi connectivity index (χ2n) is 6.39. The van der Waals surface area contributed by atoms with E-state index in [0.717, 1.165) is 19.3 Å². The number of nitrogens with zero attached hydrogens (tertiary/aromatic N) is 3. The Kier molecular flexibility index (Phi) is 3.80. The molecule has 1 aromatic heterocycles. The fraction of sp³-hybridized carbons (Fsp3) is 0.667. The Morgan fingerprint density at radius 2 is 2.27 bits per heavy atom. The highest BCUT2D eigenvalue weighted by atomic mass is 16.6. The summed E-state index contributed by atoms with van der Waals surface area (Å²) in [5.74, 6) is -0.143. The summed E-state index contributed by atoms with van der Waals surface area (Å²) in [4.78, 5) is 25.9. The molecule has 0 unspecified atom stereocenters. The highest BCUT2D eigenvalue weighted by Gasteiger charge is 2.43. The molecule has 2 amide bonds. The number of nitrogens with one attached hydrogen (secondary N) is 1. The van der Waals surface area contributed by atoms with Crippen molar-refractivity contribution in [1.82, 2.24) is 20.0 Å². The number of aromatic nitrogens is 2. The van der Waals surface area contributed by atoms with Crippen molar-refractivity contribution in [2.45, 2.75) is 50.7 Å². The minimum Gasteiger partial charge on any atom is -0.448 e. The Hall–Kier alpha value is -2.05. The van der Waals surface area contributed by atoms with Crippen molar-refractivity contribution >= 4 is 12.0 Å². The third kappa shape index (κ3) is 2.55. The van der Waals surface area contributed by atoms with E-state index >= 15 is 0 Å². The molecular formula is C15H22N4O3. The highest BCUT2D eigenvalue weighted by molar-refractivity contribution is 5.89. The van der Waals surface area contributed by atoms with Gasteiger partial charge in [0, 0.05) is 12.4 Å². The molecular weight excluding hydrogens is 284 g/mol. The largest absolute Gasteiger partial charge is 0.448 e. The molecule has 3 rings (SSSR count). The van der Waals surface area contributed by atoms with Gasteiger partial charge in [0.25, 0.3) is 0 Å². The zero-order valence-corrected chi connectivity index (χ0v) is 13.0. The van der Waals surface area contributed by atoms with Crippen molar-refractivity contribution < 1.29 is 14.3 Å². The maximum Gasteiger partial charge on any atom is 0.410 e. The van der Waals surface area contributed by atoms with Gasteiger partial charge in [-0.3, -0.25) is 14.4 Å². The second-order valence-corrected chi connectivity index (χ2v) is 6.39. The lowest BCUT2D eigenvalue weighted by atomic mass is 10.0. The lowest BCUT2D eigenvalue weighted by molar-refractivity contribution is -0.130. The molecule has 0 aromatic carbocycles. The second kappa shape index (κ2) is 5.62. The fourth-order valence-corrected chi connectivity index (χ4v) is 3.27. The van der Waals surface area contributed by atoms with E-state index in [1.54, 1.807) is 20.0 Å². The molecule has 0 bridgehead atoms. The van der Waals surface area contributed by atoms with Crippen molar-refractivity contribution in [2.24, 2.45) is 0 Å². The standard InChI is InChI=1S/C15H22N4O3/c1-15(2,18-9-10-22-14(18)21)13(20)17-11-5-3-6-12(11)19-8-4-7-16-19/h4,7-8,11-12H,3,5-6,9-10H2,1-2H3,(H,17,20)/t11-,12+/m1/s1. The first kappa shape index (κ1) is 14.9. The molecule has 1 saturated heterocycles. The highest BCUT2D eigenvalue weighted by Crippen LogP contribution is 2.30. The van der Waals surface area contributed by atoms with E-state index in [9.17, 15) is 9.59 Å². The van der Waals surface area contributed by atoms with E-state index in [2.05, 4.69) is 10.4 Å². The molecule has 2 fully saturated rings. The van der Waals surface area contributed by atoms with Crippen molar-refractivity contribution in [1.29, 1.82) is 0 Å². The molecule has 1 aromatic rings. The topological polar surface area (TPSA) is 76.5 Å². The number of cyclic esters (lactones) is 1. The molecule has 7 nitrogen and oxygen atoms in total. The van der Waals surface area contributed by atoms with E-state index < -0.39 is 11.6 Å². The van der Waals surface area contributed by atoms with E-state index in [-0.39, 0.29) is 18.0 Å². The minimum atomic E-state index is -0.912. The van der Waals surface area contributed by atoms with Gasteiger partial charge in [-0.25, -0.2) is 4.79 Å². The molecule has 0 spiro atoms.